The molecule has 0 saturated carbocycles. The third kappa shape index (κ3) is 3.59. The molecule has 2 heterocycles. The van der Waals surface area contributed by atoms with E-state index >= 15 is 0 Å². The topological polar surface area (TPSA) is 88.0 Å². The lowest BCUT2D eigenvalue weighted by molar-refractivity contribution is -0.121. The van der Waals surface area contributed by atoms with E-state index in [1.807, 2.05) is 26.0 Å². The van der Waals surface area contributed by atoms with Gasteiger partial charge in [0.2, 0.25) is 5.91 Å². The van der Waals surface area contributed by atoms with Crippen molar-refractivity contribution in [2.45, 2.75) is 40.2 Å². The van der Waals surface area contributed by atoms with Gasteiger partial charge in [0, 0.05) is 11.3 Å². The lowest BCUT2D eigenvalue weighted by atomic mass is 10.1. The fourth-order valence-electron chi connectivity index (χ4n) is 2.17. The number of amides is 1. The molecule has 0 bridgehead atoms. The minimum Gasteiger partial charge on any atom is -0.464 e. The number of hydrogen-bond acceptors (Lipinski definition) is 4. The molecule has 0 spiro atoms. The summed E-state index contributed by atoms with van der Waals surface area (Å²) in [6.07, 6.45) is -0.00151. The molecule has 112 valence electrons. The van der Waals surface area contributed by atoms with Crippen LogP contribution in [0.15, 0.2) is 21.3 Å². The van der Waals surface area contributed by atoms with Gasteiger partial charge in [0.05, 0.1) is 12.5 Å². The Bertz CT molecular complexity index is 715. The zero-order valence-corrected chi connectivity index (χ0v) is 12.6. The number of rotatable bonds is 4. The number of nitrogens with one attached hydrogen (secondary N) is 2. The van der Waals surface area contributed by atoms with E-state index in [1.165, 1.54) is 0 Å². The minimum atomic E-state index is -0.267. The molecule has 6 nitrogen and oxygen atoms in total. The summed E-state index contributed by atoms with van der Waals surface area (Å²) in [5.41, 5.74) is 0.700. The molecule has 2 aromatic rings. The van der Waals surface area contributed by atoms with Crippen LogP contribution in [0.25, 0.3) is 0 Å². The van der Waals surface area contributed by atoms with Gasteiger partial charge >= 0.3 is 0 Å². The summed E-state index contributed by atoms with van der Waals surface area (Å²) in [6.45, 7) is 7.11. The Morgan fingerprint density at radius 2 is 2.10 bits per heavy atom. The van der Waals surface area contributed by atoms with Gasteiger partial charge in [-0.1, -0.05) is 0 Å². The van der Waals surface area contributed by atoms with E-state index in [9.17, 15) is 9.59 Å². The van der Waals surface area contributed by atoms with Gasteiger partial charge in [-0.3, -0.25) is 9.59 Å². The minimum absolute atomic E-state index is 0.00151. The van der Waals surface area contributed by atoms with Crippen molar-refractivity contribution in [1.82, 2.24) is 15.3 Å². The summed E-state index contributed by atoms with van der Waals surface area (Å²) in [5, 5.41) is 2.81. The first-order valence-corrected chi connectivity index (χ1v) is 6.79. The van der Waals surface area contributed by atoms with Crippen LogP contribution in [0.4, 0.5) is 0 Å². The molecule has 0 unspecified atom stereocenters. The van der Waals surface area contributed by atoms with E-state index in [4.69, 9.17) is 4.42 Å². The Morgan fingerprint density at radius 3 is 2.67 bits per heavy atom. The van der Waals surface area contributed by atoms with Crippen molar-refractivity contribution in [1.29, 1.82) is 0 Å². The SMILES string of the molecule is Cc1nc(C)c(CC(=O)N[C@@H](C)c2ccc(C)o2)c(=O)[nH]1. The van der Waals surface area contributed by atoms with E-state index in [0.29, 0.717) is 22.8 Å². The molecule has 0 fully saturated rings. The molecule has 2 aromatic heterocycles. The zero-order chi connectivity index (χ0) is 15.6. The van der Waals surface area contributed by atoms with Crippen molar-refractivity contribution in [3.63, 3.8) is 0 Å². The van der Waals surface area contributed by atoms with E-state index < -0.39 is 0 Å². The van der Waals surface area contributed by atoms with Gasteiger partial charge in [0.15, 0.2) is 0 Å². The Labute approximate surface area is 122 Å². The first-order valence-electron chi connectivity index (χ1n) is 6.79. The second kappa shape index (κ2) is 5.95. The zero-order valence-electron chi connectivity index (χ0n) is 12.6. The van der Waals surface area contributed by atoms with Crippen LogP contribution in [-0.2, 0) is 11.2 Å². The summed E-state index contributed by atoms with van der Waals surface area (Å²) in [4.78, 5) is 30.7. The Hall–Kier alpha value is -2.37. The van der Waals surface area contributed by atoms with Crippen LogP contribution in [0.2, 0.25) is 0 Å². The maximum atomic E-state index is 12.1. The van der Waals surface area contributed by atoms with Gasteiger partial charge in [0.25, 0.3) is 5.56 Å². The number of aryl methyl sites for hydroxylation is 3. The quantitative estimate of drug-likeness (QED) is 0.896. The first kappa shape index (κ1) is 15.0. The number of H-pyrrole nitrogens is 1. The normalized spacial score (nSPS) is 12.2. The van der Waals surface area contributed by atoms with E-state index in [2.05, 4.69) is 15.3 Å². The predicted octanol–water partition coefficient (Wildman–Crippen LogP) is 1.71. The Kier molecular flexibility index (Phi) is 4.26. The van der Waals surface area contributed by atoms with Crippen LogP contribution in [0.3, 0.4) is 0 Å². The molecule has 0 aliphatic heterocycles. The first-order chi connectivity index (χ1) is 9.86. The van der Waals surface area contributed by atoms with E-state index in [0.717, 1.165) is 5.76 Å². The van der Waals surface area contributed by atoms with Crippen molar-refractivity contribution in [2.24, 2.45) is 0 Å². The fourth-order valence-corrected chi connectivity index (χ4v) is 2.17. The highest BCUT2D eigenvalue weighted by Crippen LogP contribution is 2.15. The van der Waals surface area contributed by atoms with E-state index in [1.54, 1.807) is 13.8 Å². The molecule has 0 aliphatic carbocycles. The maximum Gasteiger partial charge on any atom is 0.254 e. The maximum absolute atomic E-state index is 12.1. The van der Waals surface area contributed by atoms with Crippen molar-refractivity contribution < 1.29 is 9.21 Å². The molecular formula is C15H19N3O3. The molecule has 6 heteroatoms. The fraction of sp³-hybridized carbons (Fsp3) is 0.400. The number of hydrogen-bond donors (Lipinski definition) is 2. The van der Waals surface area contributed by atoms with Gasteiger partial charge in [-0.25, -0.2) is 4.98 Å². The highest BCUT2D eigenvalue weighted by molar-refractivity contribution is 5.79. The largest absolute Gasteiger partial charge is 0.464 e. The molecule has 1 amide bonds. The van der Waals surface area contributed by atoms with E-state index in [-0.39, 0.29) is 23.9 Å². The average Bonchev–Trinajstić information content (AvgIpc) is 2.80. The number of carbonyl (C=O) groups excluding carboxylic acids is 1. The smallest absolute Gasteiger partial charge is 0.254 e. The molecule has 0 aliphatic rings. The van der Waals surface area contributed by atoms with Crippen LogP contribution < -0.4 is 10.9 Å². The van der Waals surface area contributed by atoms with Gasteiger partial charge in [0.1, 0.15) is 17.3 Å². The second-order valence-electron chi connectivity index (χ2n) is 5.13. The Balaban J connectivity index is 2.07. The third-order valence-electron chi connectivity index (χ3n) is 3.24. The molecule has 0 aromatic carbocycles. The van der Waals surface area contributed by atoms with Gasteiger partial charge in [-0.05, 0) is 39.8 Å². The lowest BCUT2D eigenvalue weighted by Crippen LogP contribution is -2.31. The Morgan fingerprint density at radius 1 is 1.38 bits per heavy atom. The van der Waals surface area contributed by atoms with Crippen LogP contribution in [-0.4, -0.2) is 15.9 Å². The van der Waals surface area contributed by atoms with Crippen molar-refractivity contribution in [2.75, 3.05) is 0 Å². The number of nitrogens with zero attached hydrogens (tertiary/aromatic N) is 1. The molecular weight excluding hydrogens is 270 g/mol. The van der Waals surface area contributed by atoms with Gasteiger partial charge in [-0.2, -0.15) is 0 Å². The van der Waals surface area contributed by atoms with Gasteiger partial charge < -0.3 is 14.7 Å². The number of furan rings is 1. The highest BCUT2D eigenvalue weighted by Gasteiger charge is 2.16. The van der Waals surface area contributed by atoms with Crippen molar-refractivity contribution in [3.8, 4) is 0 Å². The van der Waals surface area contributed by atoms with Crippen molar-refractivity contribution in [3.05, 3.63) is 51.1 Å². The lowest BCUT2D eigenvalue weighted by Gasteiger charge is -2.12. The molecule has 1 atom stereocenters. The van der Waals surface area contributed by atoms with Gasteiger partial charge in [-0.15, -0.1) is 0 Å². The standard InChI is InChI=1S/C15H19N3O3/c1-8-5-6-13(21-8)10(3)17-14(19)7-12-9(2)16-11(4)18-15(12)20/h5-6,10H,7H2,1-4H3,(H,17,19)(H,16,18,20)/t10-/m0/s1. The molecule has 2 N–H and O–H groups in total. The number of carbonyl (C=O) groups is 1. The molecule has 0 saturated heterocycles. The van der Waals surface area contributed by atoms with Crippen LogP contribution >= 0.6 is 0 Å². The predicted molar refractivity (Wildman–Crippen MR) is 78.0 cm³/mol. The monoisotopic (exact) mass is 289 g/mol. The van der Waals surface area contributed by atoms with Crippen LogP contribution in [0.1, 0.15) is 41.6 Å². The van der Waals surface area contributed by atoms with Crippen LogP contribution in [0.5, 0.6) is 0 Å². The second-order valence-corrected chi connectivity index (χ2v) is 5.13. The average molecular weight is 289 g/mol. The molecule has 0 radical (unpaired) electrons. The summed E-state index contributed by atoms with van der Waals surface area (Å²) in [5.74, 6) is 1.78. The summed E-state index contributed by atoms with van der Waals surface area (Å²) < 4.78 is 5.46. The summed E-state index contributed by atoms with van der Waals surface area (Å²) in [7, 11) is 0. The highest BCUT2D eigenvalue weighted by atomic mass is 16.3. The molecule has 2 rings (SSSR count). The summed E-state index contributed by atoms with van der Waals surface area (Å²) in [6, 6.07) is 3.42. The number of aromatic amines is 1. The molecule has 21 heavy (non-hydrogen) atoms. The summed E-state index contributed by atoms with van der Waals surface area (Å²) >= 11 is 0. The van der Waals surface area contributed by atoms with Crippen molar-refractivity contribution >= 4 is 5.91 Å². The number of aromatic nitrogens is 2. The van der Waals surface area contributed by atoms with Crippen LogP contribution in [0, 0.1) is 20.8 Å². The third-order valence-corrected chi connectivity index (χ3v) is 3.24.